The second kappa shape index (κ2) is 8.25. The van der Waals surface area contributed by atoms with E-state index in [2.05, 4.69) is 9.98 Å². The number of aliphatic imine (C=N–C) groups is 2. The van der Waals surface area contributed by atoms with E-state index in [1.54, 1.807) is 13.8 Å². The lowest BCUT2D eigenvalue weighted by Crippen LogP contribution is -2.18. The lowest BCUT2D eigenvalue weighted by Gasteiger charge is -2.06. The molecule has 2 aliphatic rings. The molecule has 0 fully saturated rings. The van der Waals surface area contributed by atoms with Gasteiger partial charge in [-0.2, -0.15) is 0 Å². The Kier molecular flexibility index (Phi) is 5.81. The molecule has 138 valence electrons. The van der Waals surface area contributed by atoms with E-state index in [4.69, 9.17) is 9.47 Å². The molecule has 0 N–H and O–H groups in total. The Morgan fingerprint density at radius 2 is 1.38 bits per heavy atom. The Morgan fingerprint density at radius 3 is 1.81 bits per heavy atom. The summed E-state index contributed by atoms with van der Waals surface area (Å²) in [5.41, 5.74) is 3.84. The van der Waals surface area contributed by atoms with Crippen molar-refractivity contribution >= 4 is 23.4 Å². The summed E-state index contributed by atoms with van der Waals surface area (Å²) < 4.78 is 10.1. The van der Waals surface area contributed by atoms with Gasteiger partial charge in [0.1, 0.15) is 12.1 Å². The van der Waals surface area contributed by atoms with E-state index in [0.717, 1.165) is 35.4 Å². The molecule has 3 rings (SSSR count). The molecule has 2 atom stereocenters. The van der Waals surface area contributed by atoms with Gasteiger partial charge in [0.15, 0.2) is 0 Å². The van der Waals surface area contributed by atoms with Crippen molar-refractivity contribution in [2.45, 2.75) is 51.6 Å². The van der Waals surface area contributed by atoms with E-state index in [9.17, 15) is 9.59 Å². The molecule has 26 heavy (non-hydrogen) atoms. The van der Waals surface area contributed by atoms with E-state index in [1.165, 1.54) is 0 Å². The third-order valence-corrected chi connectivity index (χ3v) is 4.58. The Balaban J connectivity index is 1.75. The van der Waals surface area contributed by atoms with Crippen molar-refractivity contribution < 1.29 is 19.1 Å². The molecule has 0 radical (unpaired) electrons. The van der Waals surface area contributed by atoms with Gasteiger partial charge in [0.05, 0.1) is 13.2 Å². The zero-order chi connectivity index (χ0) is 18.5. The fraction of sp³-hybridized carbons (Fsp3) is 0.500. The van der Waals surface area contributed by atoms with Gasteiger partial charge in [0.25, 0.3) is 0 Å². The maximum Gasteiger partial charge on any atom is 0.330 e. The average Bonchev–Trinajstić information content (AvgIpc) is 3.32. The minimum atomic E-state index is -0.398. The summed E-state index contributed by atoms with van der Waals surface area (Å²) in [4.78, 5) is 32.8. The monoisotopic (exact) mass is 356 g/mol. The topological polar surface area (TPSA) is 77.3 Å². The number of ether oxygens (including phenoxy) is 2. The van der Waals surface area contributed by atoms with Gasteiger partial charge in [-0.25, -0.2) is 9.59 Å². The van der Waals surface area contributed by atoms with Crippen LogP contribution in [0, 0.1) is 0 Å². The molecule has 0 aromatic heterocycles. The van der Waals surface area contributed by atoms with Crippen LogP contribution in [0.1, 0.15) is 50.7 Å². The SMILES string of the molecule is CCOC(=O)[C@@H]1CCC(c2cccc(C3=N[C@@H](C(=O)OCC)CC3)c2)=N1. The highest BCUT2D eigenvalue weighted by Crippen LogP contribution is 2.24. The van der Waals surface area contributed by atoms with Crippen molar-refractivity contribution in [1.29, 1.82) is 0 Å². The first kappa shape index (κ1) is 18.3. The van der Waals surface area contributed by atoms with Gasteiger partial charge in [-0.1, -0.05) is 18.2 Å². The quantitative estimate of drug-likeness (QED) is 0.734. The van der Waals surface area contributed by atoms with Crippen molar-refractivity contribution in [1.82, 2.24) is 0 Å². The van der Waals surface area contributed by atoms with Gasteiger partial charge in [0.2, 0.25) is 0 Å². The van der Waals surface area contributed by atoms with Gasteiger partial charge >= 0.3 is 11.9 Å². The molecule has 0 unspecified atom stereocenters. The van der Waals surface area contributed by atoms with Crippen molar-refractivity contribution in [2.24, 2.45) is 9.98 Å². The minimum Gasteiger partial charge on any atom is -0.464 e. The molecule has 6 heteroatoms. The fourth-order valence-corrected chi connectivity index (χ4v) is 3.32. The Morgan fingerprint density at radius 1 is 0.923 bits per heavy atom. The molecule has 0 saturated carbocycles. The normalized spacial score (nSPS) is 21.9. The number of rotatable bonds is 6. The third kappa shape index (κ3) is 4.00. The minimum absolute atomic E-state index is 0.254. The van der Waals surface area contributed by atoms with Crippen LogP contribution < -0.4 is 0 Å². The van der Waals surface area contributed by atoms with Crippen molar-refractivity contribution in [3.63, 3.8) is 0 Å². The van der Waals surface area contributed by atoms with Crippen molar-refractivity contribution in [3.8, 4) is 0 Å². The van der Waals surface area contributed by atoms with E-state index in [0.29, 0.717) is 26.1 Å². The maximum atomic E-state index is 11.9. The highest BCUT2D eigenvalue weighted by molar-refractivity contribution is 6.08. The van der Waals surface area contributed by atoms with E-state index in [1.807, 2.05) is 24.3 Å². The molecule has 0 aliphatic carbocycles. The van der Waals surface area contributed by atoms with Crippen LogP contribution in [0.25, 0.3) is 0 Å². The molecule has 2 aliphatic heterocycles. The highest BCUT2D eigenvalue weighted by atomic mass is 16.5. The Hall–Kier alpha value is -2.50. The lowest BCUT2D eigenvalue weighted by atomic mass is 10.0. The molecular formula is C20H24N2O4. The highest BCUT2D eigenvalue weighted by Gasteiger charge is 2.28. The zero-order valence-electron chi connectivity index (χ0n) is 15.2. The van der Waals surface area contributed by atoms with Crippen LogP contribution in [0.4, 0.5) is 0 Å². The van der Waals surface area contributed by atoms with Gasteiger partial charge in [0, 0.05) is 11.4 Å². The molecule has 0 amide bonds. The van der Waals surface area contributed by atoms with Crippen LogP contribution in [0.5, 0.6) is 0 Å². The van der Waals surface area contributed by atoms with Crippen LogP contribution in [0.15, 0.2) is 34.3 Å². The lowest BCUT2D eigenvalue weighted by molar-refractivity contribution is -0.145. The summed E-state index contributed by atoms with van der Waals surface area (Å²) >= 11 is 0. The number of benzene rings is 1. The van der Waals surface area contributed by atoms with Gasteiger partial charge in [-0.3, -0.25) is 9.98 Å². The van der Waals surface area contributed by atoms with Gasteiger partial charge < -0.3 is 9.47 Å². The van der Waals surface area contributed by atoms with Crippen LogP contribution in [-0.4, -0.2) is 48.7 Å². The number of carbonyl (C=O) groups is 2. The average molecular weight is 356 g/mol. The summed E-state index contributed by atoms with van der Waals surface area (Å²) in [5, 5.41) is 0. The second-order valence-electron chi connectivity index (χ2n) is 6.35. The fourth-order valence-electron chi connectivity index (χ4n) is 3.32. The first-order chi connectivity index (χ1) is 12.6. The van der Waals surface area contributed by atoms with Gasteiger partial charge in [-0.15, -0.1) is 0 Å². The zero-order valence-corrected chi connectivity index (χ0v) is 15.2. The van der Waals surface area contributed by atoms with E-state index < -0.39 is 12.1 Å². The van der Waals surface area contributed by atoms with E-state index >= 15 is 0 Å². The molecule has 2 heterocycles. The van der Waals surface area contributed by atoms with Crippen molar-refractivity contribution in [2.75, 3.05) is 13.2 Å². The predicted molar refractivity (Wildman–Crippen MR) is 98.8 cm³/mol. The van der Waals surface area contributed by atoms with Gasteiger partial charge in [-0.05, 0) is 56.7 Å². The number of carbonyl (C=O) groups excluding carboxylic acids is 2. The number of hydrogen-bond acceptors (Lipinski definition) is 6. The van der Waals surface area contributed by atoms with Crippen LogP contribution in [-0.2, 0) is 19.1 Å². The van der Waals surface area contributed by atoms with E-state index in [-0.39, 0.29) is 11.9 Å². The molecular weight excluding hydrogens is 332 g/mol. The predicted octanol–water partition coefficient (Wildman–Crippen LogP) is 2.72. The smallest absolute Gasteiger partial charge is 0.330 e. The third-order valence-electron chi connectivity index (χ3n) is 4.58. The first-order valence-electron chi connectivity index (χ1n) is 9.19. The Bertz CT molecular complexity index is 695. The number of hydrogen-bond donors (Lipinski definition) is 0. The summed E-state index contributed by atoms with van der Waals surface area (Å²) in [6, 6.07) is 7.20. The first-order valence-corrected chi connectivity index (χ1v) is 9.19. The molecule has 1 aromatic carbocycles. The van der Waals surface area contributed by atoms with Crippen molar-refractivity contribution in [3.05, 3.63) is 35.4 Å². The summed E-state index contributed by atoms with van der Waals surface area (Å²) in [6.45, 7) is 4.34. The summed E-state index contributed by atoms with van der Waals surface area (Å²) in [7, 11) is 0. The largest absolute Gasteiger partial charge is 0.464 e. The number of nitrogens with zero attached hydrogens (tertiary/aromatic N) is 2. The van der Waals surface area contributed by atoms with Crippen LogP contribution >= 0.6 is 0 Å². The molecule has 0 spiro atoms. The molecule has 1 aromatic rings. The summed E-state index contributed by atoms with van der Waals surface area (Å²) in [6.07, 6.45) is 2.88. The molecule has 0 bridgehead atoms. The van der Waals surface area contributed by atoms with Crippen LogP contribution in [0.2, 0.25) is 0 Å². The van der Waals surface area contributed by atoms with Crippen LogP contribution in [0.3, 0.4) is 0 Å². The second-order valence-corrected chi connectivity index (χ2v) is 6.35. The maximum absolute atomic E-state index is 11.9. The number of esters is 2. The molecule has 6 nitrogen and oxygen atoms in total. The standard InChI is InChI=1S/C20H24N2O4/c1-3-25-19(23)17-10-8-15(21-17)13-6-5-7-14(12-13)16-9-11-18(22-16)20(24)26-4-2/h5-7,12,17-18H,3-4,8-11H2,1-2H3/t17-,18+. The molecule has 0 saturated heterocycles. The summed E-state index contributed by atoms with van der Waals surface area (Å²) in [5.74, 6) is -0.507. The Labute approximate surface area is 153 Å².